The molecule has 1 heteroatoms. The molecule has 0 amide bonds. The number of carbonyl (C=O) groups is 1. The molecule has 0 spiro atoms. The number of Topliss-reactive ketones (excluding diaryl/α,β-unsaturated/α-hetero) is 1. The summed E-state index contributed by atoms with van der Waals surface area (Å²) in [5.74, 6) is 0.897. The van der Waals surface area contributed by atoms with Gasteiger partial charge in [-0.05, 0) is 66.7 Å². The molecule has 0 radical (unpaired) electrons. The van der Waals surface area contributed by atoms with Crippen LogP contribution in [0, 0.1) is 5.92 Å². The third-order valence-corrected chi connectivity index (χ3v) is 4.45. The van der Waals surface area contributed by atoms with E-state index in [1.165, 1.54) is 23.1 Å². The molecular formula is C18H26O. The molecule has 104 valence electrons. The second-order valence-corrected chi connectivity index (χ2v) is 7.04. The number of hydrogen-bond donors (Lipinski definition) is 0. The van der Waals surface area contributed by atoms with E-state index < -0.39 is 0 Å². The van der Waals surface area contributed by atoms with Crippen LogP contribution in [0.5, 0.6) is 0 Å². The Labute approximate surface area is 117 Å². The first-order chi connectivity index (χ1) is 8.81. The van der Waals surface area contributed by atoms with E-state index >= 15 is 0 Å². The highest BCUT2D eigenvalue weighted by molar-refractivity contribution is 5.96. The molecule has 0 N–H and O–H groups in total. The van der Waals surface area contributed by atoms with E-state index in [4.69, 9.17) is 0 Å². The van der Waals surface area contributed by atoms with Crippen molar-refractivity contribution in [2.24, 2.45) is 5.92 Å². The number of ketones is 1. The summed E-state index contributed by atoms with van der Waals surface area (Å²) in [4.78, 5) is 11.9. The average molecular weight is 258 g/mol. The molecule has 1 aliphatic carbocycles. The molecule has 0 saturated carbocycles. The van der Waals surface area contributed by atoms with Crippen LogP contribution in [0.1, 0.15) is 74.5 Å². The van der Waals surface area contributed by atoms with Crippen LogP contribution >= 0.6 is 0 Å². The summed E-state index contributed by atoms with van der Waals surface area (Å²) >= 11 is 0. The largest absolute Gasteiger partial charge is 0.295 e. The highest BCUT2D eigenvalue weighted by Gasteiger charge is 2.31. The van der Waals surface area contributed by atoms with Gasteiger partial charge in [-0.25, -0.2) is 0 Å². The van der Waals surface area contributed by atoms with Crippen molar-refractivity contribution in [2.45, 2.75) is 65.7 Å². The lowest BCUT2D eigenvalue weighted by atomic mass is 9.84. The zero-order valence-corrected chi connectivity index (χ0v) is 13.0. The maximum absolute atomic E-state index is 11.9. The average Bonchev–Trinajstić information content (AvgIpc) is 2.61. The molecule has 0 aliphatic heterocycles. The fourth-order valence-corrected chi connectivity index (χ4v) is 3.09. The maximum atomic E-state index is 11.9. The first-order valence-electron chi connectivity index (χ1n) is 7.48. The molecule has 1 aliphatic rings. The van der Waals surface area contributed by atoms with Crippen molar-refractivity contribution in [3.8, 4) is 0 Å². The molecule has 0 bridgehead atoms. The van der Waals surface area contributed by atoms with Gasteiger partial charge in [-0.3, -0.25) is 4.79 Å². The third kappa shape index (κ3) is 2.91. The predicted octanol–water partition coefficient (Wildman–Crippen LogP) is 4.70. The van der Waals surface area contributed by atoms with E-state index in [1.54, 1.807) is 6.92 Å². The quantitative estimate of drug-likeness (QED) is 0.715. The maximum Gasteiger partial charge on any atom is 0.160 e. The van der Waals surface area contributed by atoms with Crippen LogP contribution < -0.4 is 0 Å². The van der Waals surface area contributed by atoms with Crippen molar-refractivity contribution in [1.29, 1.82) is 0 Å². The van der Waals surface area contributed by atoms with Crippen molar-refractivity contribution in [3.63, 3.8) is 0 Å². The van der Waals surface area contributed by atoms with Crippen LogP contribution in [0.3, 0.4) is 0 Å². The van der Waals surface area contributed by atoms with Crippen LogP contribution in [-0.2, 0) is 18.3 Å². The van der Waals surface area contributed by atoms with Gasteiger partial charge in [0.05, 0.1) is 0 Å². The van der Waals surface area contributed by atoms with Gasteiger partial charge in [-0.1, -0.05) is 33.8 Å². The van der Waals surface area contributed by atoms with Gasteiger partial charge in [0, 0.05) is 5.56 Å². The number of carbonyl (C=O) groups excluding carboxylic acids is 1. The van der Waals surface area contributed by atoms with Crippen LogP contribution in [-0.4, -0.2) is 5.78 Å². The summed E-state index contributed by atoms with van der Waals surface area (Å²) in [5.41, 5.74) is 5.31. The monoisotopic (exact) mass is 258 g/mol. The lowest BCUT2D eigenvalue weighted by Crippen LogP contribution is -2.13. The van der Waals surface area contributed by atoms with Crippen LogP contribution in [0.2, 0.25) is 0 Å². The molecule has 1 aromatic carbocycles. The smallest absolute Gasteiger partial charge is 0.160 e. The molecule has 0 heterocycles. The molecule has 0 atom stereocenters. The van der Waals surface area contributed by atoms with Gasteiger partial charge in [0.15, 0.2) is 5.78 Å². The molecule has 2 rings (SSSR count). The third-order valence-electron chi connectivity index (χ3n) is 4.45. The predicted molar refractivity (Wildman–Crippen MR) is 81.0 cm³/mol. The zero-order chi connectivity index (χ0) is 14.2. The Hall–Kier alpha value is -1.11. The van der Waals surface area contributed by atoms with Crippen LogP contribution in [0.15, 0.2) is 12.1 Å². The van der Waals surface area contributed by atoms with E-state index in [1.807, 2.05) is 0 Å². The second-order valence-electron chi connectivity index (χ2n) is 7.04. The standard InChI is InChI=1S/C18H26O/c1-12(2)6-7-14-10-15-8-9-18(4,5)17(15)11-16(14)13(3)19/h10-12H,6-9H2,1-5H3. The Bertz CT molecular complexity index is 495. The highest BCUT2D eigenvalue weighted by Crippen LogP contribution is 2.40. The van der Waals surface area contributed by atoms with Crippen molar-refractivity contribution in [1.82, 2.24) is 0 Å². The lowest BCUT2D eigenvalue weighted by Gasteiger charge is -2.20. The minimum Gasteiger partial charge on any atom is -0.295 e. The summed E-state index contributed by atoms with van der Waals surface area (Å²) in [5, 5.41) is 0. The summed E-state index contributed by atoms with van der Waals surface area (Å²) in [6.45, 7) is 10.8. The van der Waals surface area contributed by atoms with E-state index in [0.717, 1.165) is 24.8 Å². The van der Waals surface area contributed by atoms with Gasteiger partial charge in [-0.2, -0.15) is 0 Å². The highest BCUT2D eigenvalue weighted by atomic mass is 16.1. The Kier molecular flexibility index (Phi) is 3.85. The fourth-order valence-electron chi connectivity index (χ4n) is 3.09. The number of aryl methyl sites for hydroxylation is 2. The normalized spacial score (nSPS) is 16.7. The van der Waals surface area contributed by atoms with Gasteiger partial charge >= 0.3 is 0 Å². The van der Waals surface area contributed by atoms with Crippen LogP contribution in [0.25, 0.3) is 0 Å². The molecular weight excluding hydrogens is 232 g/mol. The van der Waals surface area contributed by atoms with Gasteiger partial charge in [-0.15, -0.1) is 0 Å². The van der Waals surface area contributed by atoms with E-state index in [-0.39, 0.29) is 11.2 Å². The number of rotatable bonds is 4. The molecule has 1 nitrogen and oxygen atoms in total. The van der Waals surface area contributed by atoms with Crippen molar-refractivity contribution in [2.75, 3.05) is 0 Å². The number of benzene rings is 1. The SMILES string of the molecule is CC(=O)c1cc2c(cc1CCC(C)C)CCC2(C)C. The Morgan fingerprint density at radius 2 is 2.00 bits per heavy atom. The molecule has 0 unspecified atom stereocenters. The second kappa shape index (κ2) is 5.11. The van der Waals surface area contributed by atoms with Crippen LogP contribution in [0.4, 0.5) is 0 Å². The lowest BCUT2D eigenvalue weighted by molar-refractivity contribution is 0.101. The van der Waals surface area contributed by atoms with E-state index in [0.29, 0.717) is 5.92 Å². The minimum absolute atomic E-state index is 0.212. The minimum atomic E-state index is 0.212. The first-order valence-corrected chi connectivity index (χ1v) is 7.48. The summed E-state index contributed by atoms with van der Waals surface area (Å²) in [7, 11) is 0. The van der Waals surface area contributed by atoms with Gasteiger partial charge in [0.2, 0.25) is 0 Å². The molecule has 0 fully saturated rings. The van der Waals surface area contributed by atoms with Gasteiger partial charge in [0.1, 0.15) is 0 Å². The first kappa shape index (κ1) is 14.3. The Morgan fingerprint density at radius 1 is 1.32 bits per heavy atom. The van der Waals surface area contributed by atoms with Crippen molar-refractivity contribution < 1.29 is 4.79 Å². The topological polar surface area (TPSA) is 17.1 Å². The number of hydrogen-bond acceptors (Lipinski definition) is 1. The number of fused-ring (bicyclic) bond motifs is 1. The molecule has 19 heavy (non-hydrogen) atoms. The summed E-state index contributed by atoms with van der Waals surface area (Å²) in [6.07, 6.45) is 4.55. The molecule has 0 saturated heterocycles. The molecule has 1 aromatic rings. The summed E-state index contributed by atoms with van der Waals surface area (Å²) < 4.78 is 0. The zero-order valence-electron chi connectivity index (χ0n) is 13.0. The van der Waals surface area contributed by atoms with Gasteiger partial charge < -0.3 is 0 Å². The van der Waals surface area contributed by atoms with Crippen molar-refractivity contribution >= 4 is 5.78 Å². The fraction of sp³-hybridized carbons (Fsp3) is 0.611. The Balaban J connectivity index is 2.42. The van der Waals surface area contributed by atoms with Crippen molar-refractivity contribution in [3.05, 3.63) is 34.4 Å². The van der Waals surface area contributed by atoms with E-state index in [2.05, 4.69) is 39.8 Å². The Morgan fingerprint density at radius 3 is 2.58 bits per heavy atom. The van der Waals surface area contributed by atoms with E-state index in [9.17, 15) is 4.79 Å². The molecule has 0 aromatic heterocycles. The van der Waals surface area contributed by atoms with Gasteiger partial charge in [0.25, 0.3) is 0 Å². The summed E-state index contributed by atoms with van der Waals surface area (Å²) in [6, 6.07) is 4.49.